The molecule has 0 atom stereocenters. The maximum absolute atomic E-state index is 11.5. The van der Waals surface area contributed by atoms with Gasteiger partial charge in [0.15, 0.2) is 0 Å². The summed E-state index contributed by atoms with van der Waals surface area (Å²) in [4.78, 5) is 11.5. The number of aryl methyl sites for hydroxylation is 2. The number of rotatable bonds is 2. The van der Waals surface area contributed by atoms with Gasteiger partial charge in [0.25, 0.3) is 0 Å². The van der Waals surface area contributed by atoms with Gasteiger partial charge in [-0.05, 0) is 33.8 Å². The molecule has 5 heteroatoms. The highest BCUT2D eigenvalue weighted by atomic mass is 35.5. The predicted molar refractivity (Wildman–Crippen MR) is 67.8 cm³/mol. The van der Waals surface area contributed by atoms with Crippen LogP contribution in [-0.2, 0) is 16.6 Å². The van der Waals surface area contributed by atoms with Crippen molar-refractivity contribution in [2.75, 3.05) is 0 Å². The Labute approximate surface area is 106 Å². The van der Waals surface area contributed by atoms with Gasteiger partial charge in [0, 0.05) is 18.7 Å². The van der Waals surface area contributed by atoms with Crippen molar-refractivity contribution in [2.45, 2.75) is 33.3 Å². The van der Waals surface area contributed by atoms with Crippen molar-refractivity contribution in [3.05, 3.63) is 22.5 Å². The van der Waals surface area contributed by atoms with E-state index in [-0.39, 0.29) is 0 Å². The molecule has 1 aromatic heterocycles. The standard InChI is InChI=1S/C12H17ClN2O2/c1-8-9(11(13)15(5)14-8)6-7-10(16)17-12(2,3)4/h6-7H,1-5H3. The zero-order valence-electron chi connectivity index (χ0n) is 10.7. The van der Waals surface area contributed by atoms with E-state index in [1.165, 1.54) is 6.08 Å². The fourth-order valence-corrected chi connectivity index (χ4v) is 1.56. The molecule has 4 nitrogen and oxygen atoms in total. The quantitative estimate of drug-likeness (QED) is 0.604. The maximum atomic E-state index is 11.5. The smallest absolute Gasteiger partial charge is 0.331 e. The number of halogens is 1. The largest absolute Gasteiger partial charge is 0.457 e. The van der Waals surface area contributed by atoms with Gasteiger partial charge in [-0.2, -0.15) is 5.10 Å². The molecular formula is C12H17ClN2O2. The molecule has 0 aliphatic rings. The predicted octanol–water partition coefficient (Wildman–Crippen LogP) is 2.74. The molecular weight excluding hydrogens is 240 g/mol. The Hall–Kier alpha value is -1.29. The van der Waals surface area contributed by atoms with E-state index in [1.807, 2.05) is 27.7 Å². The summed E-state index contributed by atoms with van der Waals surface area (Å²) in [7, 11) is 1.75. The fraction of sp³-hybridized carbons (Fsp3) is 0.500. The molecule has 1 heterocycles. The van der Waals surface area contributed by atoms with E-state index in [1.54, 1.807) is 17.8 Å². The Bertz CT molecular complexity index is 456. The second kappa shape index (κ2) is 4.92. The summed E-state index contributed by atoms with van der Waals surface area (Å²) in [5.41, 5.74) is 1.02. The van der Waals surface area contributed by atoms with Crippen LogP contribution in [0.3, 0.4) is 0 Å². The summed E-state index contributed by atoms with van der Waals surface area (Å²) < 4.78 is 6.71. The Balaban J connectivity index is 2.81. The Morgan fingerprint density at radius 3 is 2.47 bits per heavy atom. The number of aromatic nitrogens is 2. The zero-order valence-corrected chi connectivity index (χ0v) is 11.5. The highest BCUT2D eigenvalue weighted by Gasteiger charge is 2.14. The molecule has 0 spiro atoms. The van der Waals surface area contributed by atoms with Crippen LogP contribution in [0.4, 0.5) is 0 Å². The van der Waals surface area contributed by atoms with E-state index in [0.29, 0.717) is 5.15 Å². The monoisotopic (exact) mass is 256 g/mol. The van der Waals surface area contributed by atoms with Crippen molar-refractivity contribution < 1.29 is 9.53 Å². The minimum atomic E-state index is -0.491. The van der Waals surface area contributed by atoms with E-state index < -0.39 is 11.6 Å². The van der Waals surface area contributed by atoms with Gasteiger partial charge in [-0.3, -0.25) is 4.68 Å². The number of carbonyl (C=O) groups is 1. The molecule has 0 aliphatic heterocycles. The van der Waals surface area contributed by atoms with E-state index >= 15 is 0 Å². The van der Waals surface area contributed by atoms with Gasteiger partial charge in [0.05, 0.1) is 5.69 Å². The minimum Gasteiger partial charge on any atom is -0.457 e. The van der Waals surface area contributed by atoms with Gasteiger partial charge in [-0.15, -0.1) is 0 Å². The lowest BCUT2D eigenvalue weighted by atomic mass is 10.2. The summed E-state index contributed by atoms with van der Waals surface area (Å²) in [5.74, 6) is -0.392. The van der Waals surface area contributed by atoms with Crippen LogP contribution in [0.15, 0.2) is 6.08 Å². The van der Waals surface area contributed by atoms with Gasteiger partial charge in [0.1, 0.15) is 10.8 Å². The molecule has 1 aromatic rings. The summed E-state index contributed by atoms with van der Waals surface area (Å²) in [6, 6.07) is 0. The lowest BCUT2D eigenvalue weighted by Gasteiger charge is -2.17. The number of hydrogen-bond acceptors (Lipinski definition) is 3. The highest BCUT2D eigenvalue weighted by Crippen LogP contribution is 2.20. The fourth-order valence-electron chi connectivity index (χ4n) is 1.32. The third-order valence-electron chi connectivity index (χ3n) is 1.99. The van der Waals surface area contributed by atoms with Crippen molar-refractivity contribution in [1.82, 2.24) is 9.78 Å². The lowest BCUT2D eigenvalue weighted by Crippen LogP contribution is -2.22. The minimum absolute atomic E-state index is 0.392. The number of carbonyl (C=O) groups excluding carboxylic acids is 1. The molecule has 1 rings (SSSR count). The van der Waals surface area contributed by atoms with Crippen LogP contribution in [0.25, 0.3) is 6.08 Å². The van der Waals surface area contributed by atoms with Crippen LogP contribution in [0.2, 0.25) is 5.15 Å². The summed E-state index contributed by atoms with van der Waals surface area (Å²) in [5, 5.41) is 4.65. The lowest BCUT2D eigenvalue weighted by molar-refractivity contribution is -0.148. The number of esters is 1. The molecule has 94 valence electrons. The first-order valence-corrected chi connectivity index (χ1v) is 5.68. The normalized spacial score (nSPS) is 12.1. The van der Waals surface area contributed by atoms with E-state index in [2.05, 4.69) is 5.10 Å². The topological polar surface area (TPSA) is 44.1 Å². The molecule has 0 aliphatic carbocycles. The molecule has 17 heavy (non-hydrogen) atoms. The molecule has 0 aromatic carbocycles. The average Bonchev–Trinajstić information content (AvgIpc) is 2.36. The maximum Gasteiger partial charge on any atom is 0.331 e. The van der Waals surface area contributed by atoms with Gasteiger partial charge in [0.2, 0.25) is 0 Å². The van der Waals surface area contributed by atoms with Gasteiger partial charge >= 0.3 is 5.97 Å². The summed E-state index contributed by atoms with van der Waals surface area (Å²) >= 11 is 6.03. The van der Waals surface area contributed by atoms with Gasteiger partial charge in [-0.25, -0.2) is 4.79 Å². The SMILES string of the molecule is Cc1nn(C)c(Cl)c1C=CC(=O)OC(C)(C)C. The molecule has 0 fully saturated rings. The third kappa shape index (κ3) is 3.89. The van der Waals surface area contributed by atoms with Crippen molar-refractivity contribution in [3.63, 3.8) is 0 Å². The first-order chi connectivity index (χ1) is 7.70. The first kappa shape index (κ1) is 13.8. The molecule has 0 saturated carbocycles. The number of hydrogen-bond donors (Lipinski definition) is 0. The van der Waals surface area contributed by atoms with Crippen molar-refractivity contribution in [2.24, 2.45) is 7.05 Å². The number of ether oxygens (including phenoxy) is 1. The Kier molecular flexibility index (Phi) is 3.98. The molecule has 0 radical (unpaired) electrons. The second-order valence-electron chi connectivity index (χ2n) is 4.78. The van der Waals surface area contributed by atoms with Crippen LogP contribution in [0.1, 0.15) is 32.0 Å². The summed E-state index contributed by atoms with van der Waals surface area (Å²) in [6.07, 6.45) is 2.99. The molecule has 0 unspecified atom stereocenters. The second-order valence-corrected chi connectivity index (χ2v) is 5.14. The Morgan fingerprint density at radius 1 is 1.47 bits per heavy atom. The van der Waals surface area contributed by atoms with E-state index in [4.69, 9.17) is 16.3 Å². The van der Waals surface area contributed by atoms with E-state index in [0.717, 1.165) is 11.3 Å². The first-order valence-electron chi connectivity index (χ1n) is 5.31. The van der Waals surface area contributed by atoms with Crippen LogP contribution in [0, 0.1) is 6.92 Å². The summed E-state index contributed by atoms with van der Waals surface area (Å²) in [6.45, 7) is 7.30. The van der Waals surface area contributed by atoms with Crippen LogP contribution < -0.4 is 0 Å². The molecule has 0 N–H and O–H groups in total. The number of nitrogens with zero attached hydrogens (tertiary/aromatic N) is 2. The zero-order chi connectivity index (χ0) is 13.2. The van der Waals surface area contributed by atoms with Crippen LogP contribution >= 0.6 is 11.6 Å². The Morgan fingerprint density at radius 2 is 2.06 bits per heavy atom. The molecule has 0 saturated heterocycles. The average molecular weight is 257 g/mol. The molecule has 0 amide bonds. The van der Waals surface area contributed by atoms with Crippen molar-refractivity contribution >= 4 is 23.6 Å². The van der Waals surface area contributed by atoms with E-state index in [9.17, 15) is 4.79 Å². The van der Waals surface area contributed by atoms with Gasteiger partial charge < -0.3 is 4.74 Å². The third-order valence-corrected chi connectivity index (χ3v) is 2.44. The van der Waals surface area contributed by atoms with Crippen molar-refractivity contribution in [1.29, 1.82) is 0 Å². The van der Waals surface area contributed by atoms with Gasteiger partial charge in [-0.1, -0.05) is 11.6 Å². The van der Waals surface area contributed by atoms with Crippen LogP contribution in [-0.4, -0.2) is 21.4 Å². The van der Waals surface area contributed by atoms with Crippen molar-refractivity contribution in [3.8, 4) is 0 Å². The highest BCUT2D eigenvalue weighted by molar-refractivity contribution is 6.31. The molecule has 0 bridgehead atoms. The van der Waals surface area contributed by atoms with Crippen LogP contribution in [0.5, 0.6) is 0 Å².